The van der Waals surface area contributed by atoms with Gasteiger partial charge in [0.1, 0.15) is 12.1 Å². The first-order valence-electron chi connectivity index (χ1n) is 11.2. The number of aliphatic carboxylic acids is 1. The van der Waals surface area contributed by atoms with Crippen molar-refractivity contribution in [3.63, 3.8) is 0 Å². The molecule has 1 unspecified atom stereocenters. The van der Waals surface area contributed by atoms with Crippen molar-refractivity contribution in [2.45, 2.75) is 44.7 Å². The Bertz CT molecular complexity index is 1470. The number of benzene rings is 2. The monoisotopic (exact) mass is 462 g/mol. The number of unbranched alkanes of at least 4 members (excludes halogenated alkanes) is 1. The Labute approximate surface area is 194 Å². The van der Waals surface area contributed by atoms with Crippen molar-refractivity contribution < 1.29 is 14.7 Å². The molecule has 0 saturated heterocycles. The maximum Gasteiger partial charge on any atom is 0.329 e. The van der Waals surface area contributed by atoms with Crippen LogP contribution in [0.5, 0.6) is 0 Å². The number of carbonyl (C=O) groups is 2. The molecule has 176 valence electrons. The van der Waals surface area contributed by atoms with Crippen molar-refractivity contribution in [3.8, 4) is 0 Å². The number of aromatic nitrogens is 3. The van der Waals surface area contributed by atoms with Crippen LogP contribution in [0.15, 0.2) is 64.3 Å². The SMILES string of the molecule is CCCCC(NC(=O)[C@@H](Cc1c[nH]c2ccccc12)n1c(=O)[nH]c2ccccc2c1=O)C(=O)O. The molecule has 4 N–H and O–H groups in total. The van der Waals surface area contributed by atoms with Crippen LogP contribution in [-0.2, 0) is 16.0 Å². The smallest absolute Gasteiger partial charge is 0.329 e. The highest BCUT2D eigenvalue weighted by molar-refractivity contribution is 5.88. The highest BCUT2D eigenvalue weighted by atomic mass is 16.4. The Morgan fingerprint density at radius 1 is 1.03 bits per heavy atom. The second kappa shape index (κ2) is 9.78. The summed E-state index contributed by atoms with van der Waals surface area (Å²) < 4.78 is 0.887. The molecule has 0 fully saturated rings. The van der Waals surface area contributed by atoms with Crippen LogP contribution in [0.3, 0.4) is 0 Å². The van der Waals surface area contributed by atoms with E-state index < -0.39 is 35.2 Å². The largest absolute Gasteiger partial charge is 0.480 e. The number of hydrogen-bond donors (Lipinski definition) is 4. The number of amides is 1. The second-order valence-corrected chi connectivity index (χ2v) is 8.27. The minimum Gasteiger partial charge on any atom is -0.480 e. The number of rotatable bonds is 9. The van der Waals surface area contributed by atoms with E-state index in [9.17, 15) is 24.3 Å². The van der Waals surface area contributed by atoms with E-state index in [2.05, 4.69) is 15.3 Å². The van der Waals surface area contributed by atoms with Crippen LogP contribution in [0.25, 0.3) is 21.8 Å². The van der Waals surface area contributed by atoms with Crippen LogP contribution in [0.1, 0.15) is 37.8 Å². The Morgan fingerprint density at radius 2 is 1.71 bits per heavy atom. The summed E-state index contributed by atoms with van der Waals surface area (Å²) in [7, 11) is 0. The lowest BCUT2D eigenvalue weighted by Crippen LogP contribution is -2.49. The predicted octanol–water partition coefficient (Wildman–Crippen LogP) is 2.71. The minimum absolute atomic E-state index is 0.0251. The first kappa shape index (κ1) is 23.0. The molecule has 4 rings (SSSR count). The number of carbonyl (C=O) groups excluding carboxylic acids is 1. The molecular formula is C25H26N4O5. The van der Waals surface area contributed by atoms with E-state index in [0.29, 0.717) is 11.9 Å². The number of carboxylic acids is 1. The quantitative estimate of drug-likeness (QED) is 0.303. The van der Waals surface area contributed by atoms with Crippen LogP contribution in [0, 0.1) is 0 Å². The van der Waals surface area contributed by atoms with E-state index in [4.69, 9.17) is 0 Å². The predicted molar refractivity (Wildman–Crippen MR) is 129 cm³/mol. The van der Waals surface area contributed by atoms with Crippen molar-refractivity contribution >= 4 is 33.7 Å². The number of nitrogens with zero attached hydrogens (tertiary/aromatic N) is 1. The lowest BCUT2D eigenvalue weighted by molar-refractivity contribution is -0.142. The number of hydrogen-bond acceptors (Lipinski definition) is 4. The molecule has 9 nitrogen and oxygen atoms in total. The number of nitrogens with one attached hydrogen (secondary N) is 3. The summed E-state index contributed by atoms with van der Waals surface area (Å²) in [5, 5.41) is 13.3. The standard InChI is InChI=1S/C25H26N4O5/c1-2-3-10-20(24(32)33)27-22(30)21(13-15-14-26-18-11-6-4-8-16(15)18)29-23(31)17-9-5-7-12-19(17)28-25(29)34/h4-9,11-12,14,20-21,26H,2-3,10,13H2,1H3,(H,27,30)(H,28,34)(H,32,33)/t20?,21-/m1/s1. The third-order valence-corrected chi connectivity index (χ3v) is 6.00. The third kappa shape index (κ3) is 4.50. The summed E-state index contributed by atoms with van der Waals surface area (Å²) in [6.07, 6.45) is 3.39. The summed E-state index contributed by atoms with van der Waals surface area (Å²) in [6.45, 7) is 1.93. The normalized spacial score (nSPS) is 13.1. The van der Waals surface area contributed by atoms with E-state index in [0.717, 1.165) is 27.5 Å². The van der Waals surface area contributed by atoms with E-state index >= 15 is 0 Å². The minimum atomic E-state index is -1.25. The van der Waals surface area contributed by atoms with Crippen molar-refractivity contribution in [1.82, 2.24) is 19.9 Å². The molecule has 0 spiro atoms. The number of fused-ring (bicyclic) bond motifs is 2. The Morgan fingerprint density at radius 3 is 2.41 bits per heavy atom. The summed E-state index contributed by atoms with van der Waals surface area (Å²) in [6, 6.07) is 11.7. The van der Waals surface area contributed by atoms with Gasteiger partial charge in [0.15, 0.2) is 0 Å². The van der Waals surface area contributed by atoms with E-state index in [-0.39, 0.29) is 18.2 Å². The lowest BCUT2D eigenvalue weighted by Gasteiger charge is -2.22. The molecular weight excluding hydrogens is 436 g/mol. The Hall–Kier alpha value is -4.14. The first-order chi connectivity index (χ1) is 16.4. The molecule has 0 bridgehead atoms. The first-order valence-corrected chi connectivity index (χ1v) is 11.2. The van der Waals surface area contributed by atoms with Gasteiger partial charge in [0, 0.05) is 23.5 Å². The van der Waals surface area contributed by atoms with E-state index in [1.54, 1.807) is 30.5 Å². The topological polar surface area (TPSA) is 137 Å². The van der Waals surface area contributed by atoms with Gasteiger partial charge in [-0.15, -0.1) is 0 Å². The van der Waals surface area contributed by atoms with Gasteiger partial charge in [-0.2, -0.15) is 0 Å². The fraction of sp³-hybridized carbons (Fsp3) is 0.280. The number of H-pyrrole nitrogens is 2. The summed E-state index contributed by atoms with van der Waals surface area (Å²) in [5.41, 5.74) is 0.605. The average Bonchev–Trinajstić information content (AvgIpc) is 3.23. The Balaban J connectivity index is 1.81. The summed E-state index contributed by atoms with van der Waals surface area (Å²) >= 11 is 0. The zero-order valence-electron chi connectivity index (χ0n) is 18.7. The average molecular weight is 463 g/mol. The van der Waals surface area contributed by atoms with Crippen LogP contribution >= 0.6 is 0 Å². The van der Waals surface area contributed by atoms with Gasteiger partial charge in [0.2, 0.25) is 5.91 Å². The molecule has 0 saturated carbocycles. The zero-order chi connectivity index (χ0) is 24.2. The number of aromatic amines is 2. The summed E-state index contributed by atoms with van der Waals surface area (Å²) in [4.78, 5) is 57.3. The van der Waals surface area contributed by atoms with Crippen molar-refractivity contribution in [3.05, 3.63) is 81.1 Å². The van der Waals surface area contributed by atoms with Gasteiger partial charge in [-0.3, -0.25) is 9.59 Å². The van der Waals surface area contributed by atoms with Gasteiger partial charge in [-0.25, -0.2) is 14.2 Å². The Kier molecular flexibility index (Phi) is 6.62. The molecule has 0 aliphatic heterocycles. The molecule has 2 aromatic carbocycles. The van der Waals surface area contributed by atoms with Crippen molar-refractivity contribution in [2.24, 2.45) is 0 Å². The molecule has 9 heteroatoms. The molecule has 2 atom stereocenters. The highest BCUT2D eigenvalue weighted by Gasteiger charge is 2.30. The van der Waals surface area contributed by atoms with Crippen molar-refractivity contribution in [2.75, 3.05) is 0 Å². The van der Waals surface area contributed by atoms with Gasteiger partial charge < -0.3 is 20.4 Å². The summed E-state index contributed by atoms with van der Waals surface area (Å²) in [5.74, 6) is -1.86. The van der Waals surface area contributed by atoms with Crippen LogP contribution in [0.2, 0.25) is 0 Å². The highest BCUT2D eigenvalue weighted by Crippen LogP contribution is 2.22. The van der Waals surface area contributed by atoms with Gasteiger partial charge in [-0.05, 0) is 30.2 Å². The molecule has 0 radical (unpaired) electrons. The van der Waals surface area contributed by atoms with Crippen LogP contribution in [-0.4, -0.2) is 37.6 Å². The lowest BCUT2D eigenvalue weighted by atomic mass is 10.0. The van der Waals surface area contributed by atoms with Crippen LogP contribution < -0.4 is 16.6 Å². The zero-order valence-corrected chi connectivity index (χ0v) is 18.7. The van der Waals surface area contributed by atoms with Gasteiger partial charge in [-0.1, -0.05) is 50.1 Å². The fourth-order valence-corrected chi connectivity index (χ4v) is 4.20. The van der Waals surface area contributed by atoms with E-state index in [1.807, 2.05) is 31.2 Å². The van der Waals surface area contributed by atoms with Gasteiger partial charge in [0.25, 0.3) is 5.56 Å². The van der Waals surface area contributed by atoms with Gasteiger partial charge >= 0.3 is 11.7 Å². The second-order valence-electron chi connectivity index (χ2n) is 8.27. The molecule has 0 aliphatic rings. The molecule has 0 aliphatic carbocycles. The molecule has 2 aromatic heterocycles. The maximum atomic E-state index is 13.4. The maximum absolute atomic E-state index is 13.4. The third-order valence-electron chi connectivity index (χ3n) is 6.00. The van der Waals surface area contributed by atoms with Gasteiger partial charge in [0.05, 0.1) is 10.9 Å². The van der Waals surface area contributed by atoms with Crippen molar-refractivity contribution in [1.29, 1.82) is 0 Å². The number of carboxylic acid groups (broad SMARTS) is 1. The molecule has 4 aromatic rings. The fourth-order valence-electron chi connectivity index (χ4n) is 4.20. The number of para-hydroxylation sites is 2. The van der Waals surface area contributed by atoms with Crippen LogP contribution in [0.4, 0.5) is 0 Å². The molecule has 1 amide bonds. The molecule has 2 heterocycles. The van der Waals surface area contributed by atoms with E-state index in [1.165, 1.54) is 0 Å². The molecule has 34 heavy (non-hydrogen) atoms.